The predicted molar refractivity (Wildman–Crippen MR) is 76.9 cm³/mol. The van der Waals surface area contributed by atoms with Crippen molar-refractivity contribution >= 4 is 17.7 Å². The summed E-state index contributed by atoms with van der Waals surface area (Å²) in [5.41, 5.74) is 0.0813. The zero-order chi connectivity index (χ0) is 15.6. The molecule has 0 saturated carbocycles. The fourth-order valence-electron chi connectivity index (χ4n) is 2.59. The molecular weight excluding hydrogens is 275 g/mol. The summed E-state index contributed by atoms with van der Waals surface area (Å²) in [4.78, 5) is 25.1. The molecule has 0 radical (unpaired) electrons. The fourth-order valence-corrected chi connectivity index (χ4v) is 2.59. The maximum atomic E-state index is 13.3. The third-order valence-corrected chi connectivity index (χ3v) is 3.79. The maximum Gasteiger partial charge on any atom is 0.329 e. The number of fused-ring (bicyclic) bond motifs is 1. The molecule has 1 aliphatic heterocycles. The lowest BCUT2D eigenvalue weighted by molar-refractivity contribution is -0.144. The number of halogens is 1. The number of carbonyl (C=O) groups excluding carboxylic acids is 1. The molecule has 6 heteroatoms. The Morgan fingerprint density at radius 2 is 2.19 bits per heavy atom. The molecule has 2 amide bonds. The number of hydrogen-bond donors (Lipinski definition) is 2. The summed E-state index contributed by atoms with van der Waals surface area (Å²) in [6, 6.07) is 3.82. The molecule has 1 aromatic rings. The Balaban J connectivity index is 2.19. The van der Waals surface area contributed by atoms with E-state index < -0.39 is 23.4 Å². The summed E-state index contributed by atoms with van der Waals surface area (Å²) in [5.74, 6) is -1.49. The van der Waals surface area contributed by atoms with Crippen LogP contribution >= 0.6 is 0 Å². The van der Waals surface area contributed by atoms with Gasteiger partial charge < -0.3 is 10.4 Å². The van der Waals surface area contributed by atoms with Gasteiger partial charge in [0.25, 0.3) is 0 Å². The van der Waals surface area contributed by atoms with Gasteiger partial charge in [-0.25, -0.2) is 14.0 Å². The second-order valence-electron chi connectivity index (χ2n) is 5.49. The van der Waals surface area contributed by atoms with Crippen molar-refractivity contribution in [2.45, 2.75) is 38.6 Å². The standard InChI is InChI=1S/C15H19FN2O3/c1-3-7-15(2,13(19)20)17-14(21)18-8-6-10-4-5-11(16)9-12(10)18/h4-5,9H,3,6-8H2,1-2H3,(H,17,21)(H,19,20). The van der Waals surface area contributed by atoms with Crippen LogP contribution in [0.3, 0.4) is 0 Å². The number of carbonyl (C=O) groups is 2. The monoisotopic (exact) mass is 294 g/mol. The summed E-state index contributed by atoms with van der Waals surface area (Å²) >= 11 is 0. The topological polar surface area (TPSA) is 69.6 Å². The minimum atomic E-state index is -1.32. The highest BCUT2D eigenvalue weighted by Gasteiger charge is 2.36. The van der Waals surface area contributed by atoms with Crippen LogP contribution in [0.2, 0.25) is 0 Å². The number of benzene rings is 1. The molecule has 5 nitrogen and oxygen atoms in total. The van der Waals surface area contributed by atoms with Crippen LogP contribution in [0.25, 0.3) is 0 Å². The van der Waals surface area contributed by atoms with Crippen molar-refractivity contribution < 1.29 is 19.1 Å². The summed E-state index contributed by atoms with van der Waals surface area (Å²) in [6.07, 6.45) is 1.60. The van der Waals surface area contributed by atoms with Crippen molar-refractivity contribution in [2.75, 3.05) is 11.4 Å². The third-order valence-electron chi connectivity index (χ3n) is 3.79. The number of rotatable bonds is 4. The molecule has 2 N–H and O–H groups in total. The van der Waals surface area contributed by atoms with Crippen LogP contribution in [0.5, 0.6) is 0 Å². The van der Waals surface area contributed by atoms with Gasteiger partial charge >= 0.3 is 12.0 Å². The SMILES string of the molecule is CCCC(C)(NC(=O)N1CCc2ccc(F)cc21)C(=O)O. The van der Waals surface area contributed by atoms with Gasteiger partial charge in [-0.1, -0.05) is 19.4 Å². The number of anilines is 1. The lowest BCUT2D eigenvalue weighted by Crippen LogP contribution is -2.56. The molecule has 2 rings (SSSR count). The molecule has 0 fully saturated rings. The van der Waals surface area contributed by atoms with Crippen LogP contribution in [-0.4, -0.2) is 29.2 Å². The molecule has 1 unspecified atom stereocenters. The van der Waals surface area contributed by atoms with Crippen LogP contribution in [0.1, 0.15) is 32.3 Å². The molecule has 0 spiro atoms. The highest BCUT2D eigenvalue weighted by molar-refractivity contribution is 5.97. The molecule has 1 heterocycles. The average Bonchev–Trinajstić information content (AvgIpc) is 2.81. The van der Waals surface area contributed by atoms with Crippen molar-refractivity contribution in [3.63, 3.8) is 0 Å². The van der Waals surface area contributed by atoms with Crippen molar-refractivity contribution in [2.24, 2.45) is 0 Å². The molecule has 1 aliphatic rings. The van der Waals surface area contributed by atoms with E-state index in [1.54, 1.807) is 6.07 Å². The third kappa shape index (κ3) is 2.99. The molecule has 0 aliphatic carbocycles. The lowest BCUT2D eigenvalue weighted by Gasteiger charge is -2.29. The van der Waals surface area contributed by atoms with Crippen molar-refractivity contribution in [3.05, 3.63) is 29.6 Å². The molecule has 1 atom stereocenters. The first-order chi connectivity index (χ1) is 9.87. The Bertz CT molecular complexity index is 576. The molecule has 0 saturated heterocycles. The smallest absolute Gasteiger partial charge is 0.329 e. The Labute approximate surface area is 122 Å². The van der Waals surface area contributed by atoms with Crippen LogP contribution < -0.4 is 10.2 Å². The number of carboxylic acids is 1. The largest absolute Gasteiger partial charge is 0.480 e. The Kier molecular flexibility index (Phi) is 4.16. The van der Waals surface area contributed by atoms with E-state index in [0.29, 0.717) is 31.5 Å². The Morgan fingerprint density at radius 1 is 1.48 bits per heavy atom. The van der Waals surface area contributed by atoms with E-state index in [9.17, 15) is 19.1 Å². The highest BCUT2D eigenvalue weighted by Crippen LogP contribution is 2.29. The fraction of sp³-hybridized carbons (Fsp3) is 0.467. The van der Waals surface area contributed by atoms with E-state index in [1.165, 1.54) is 24.0 Å². The number of nitrogens with zero attached hydrogens (tertiary/aromatic N) is 1. The van der Waals surface area contributed by atoms with Gasteiger partial charge in [-0.2, -0.15) is 0 Å². The first-order valence-corrected chi connectivity index (χ1v) is 6.99. The second kappa shape index (κ2) is 5.71. The number of aliphatic carboxylic acids is 1. The van der Waals surface area contributed by atoms with E-state index in [1.807, 2.05) is 6.92 Å². The van der Waals surface area contributed by atoms with E-state index in [2.05, 4.69) is 5.32 Å². The van der Waals surface area contributed by atoms with Gasteiger partial charge in [0.1, 0.15) is 11.4 Å². The quantitative estimate of drug-likeness (QED) is 0.896. The van der Waals surface area contributed by atoms with Gasteiger partial charge in [0.05, 0.1) is 5.69 Å². The summed E-state index contributed by atoms with van der Waals surface area (Å²) in [7, 11) is 0. The van der Waals surface area contributed by atoms with Gasteiger partial charge in [0.2, 0.25) is 0 Å². The zero-order valence-corrected chi connectivity index (χ0v) is 12.1. The molecule has 1 aromatic carbocycles. The second-order valence-corrected chi connectivity index (χ2v) is 5.49. The minimum Gasteiger partial charge on any atom is -0.480 e. The van der Waals surface area contributed by atoms with E-state index in [4.69, 9.17) is 0 Å². The van der Waals surface area contributed by atoms with Crippen LogP contribution in [0, 0.1) is 5.82 Å². The lowest BCUT2D eigenvalue weighted by atomic mass is 9.96. The molecular formula is C15H19FN2O3. The van der Waals surface area contributed by atoms with E-state index in [0.717, 1.165) is 5.56 Å². The molecule has 0 bridgehead atoms. The maximum absolute atomic E-state index is 13.3. The van der Waals surface area contributed by atoms with Gasteiger partial charge in [-0.15, -0.1) is 0 Å². The first kappa shape index (κ1) is 15.3. The van der Waals surface area contributed by atoms with Crippen LogP contribution in [-0.2, 0) is 11.2 Å². The van der Waals surface area contributed by atoms with Crippen LogP contribution in [0.4, 0.5) is 14.9 Å². The summed E-state index contributed by atoms with van der Waals surface area (Å²) in [5, 5.41) is 11.9. The number of urea groups is 1. The summed E-state index contributed by atoms with van der Waals surface area (Å²) < 4.78 is 13.3. The summed E-state index contributed by atoms with van der Waals surface area (Å²) in [6.45, 7) is 3.76. The molecule has 114 valence electrons. The first-order valence-electron chi connectivity index (χ1n) is 6.99. The Morgan fingerprint density at radius 3 is 2.81 bits per heavy atom. The highest BCUT2D eigenvalue weighted by atomic mass is 19.1. The van der Waals surface area contributed by atoms with E-state index >= 15 is 0 Å². The van der Waals surface area contributed by atoms with Crippen LogP contribution in [0.15, 0.2) is 18.2 Å². The molecule has 0 aromatic heterocycles. The number of nitrogens with one attached hydrogen (secondary N) is 1. The van der Waals surface area contributed by atoms with E-state index in [-0.39, 0.29) is 0 Å². The average molecular weight is 294 g/mol. The van der Waals surface area contributed by atoms with Gasteiger partial charge in [-0.3, -0.25) is 4.90 Å². The zero-order valence-electron chi connectivity index (χ0n) is 12.1. The minimum absolute atomic E-state index is 0.331. The predicted octanol–water partition coefficient (Wildman–Crippen LogP) is 2.54. The van der Waals surface area contributed by atoms with Crippen molar-refractivity contribution in [3.8, 4) is 0 Å². The van der Waals surface area contributed by atoms with Gasteiger partial charge in [0.15, 0.2) is 0 Å². The van der Waals surface area contributed by atoms with Crippen molar-refractivity contribution in [1.82, 2.24) is 5.32 Å². The number of amides is 2. The van der Waals surface area contributed by atoms with Crippen molar-refractivity contribution in [1.29, 1.82) is 0 Å². The van der Waals surface area contributed by atoms with Gasteiger partial charge in [-0.05, 0) is 37.5 Å². The van der Waals surface area contributed by atoms with Gasteiger partial charge in [0, 0.05) is 6.54 Å². The Hall–Kier alpha value is -2.11. The number of carboxylic acid groups (broad SMARTS) is 1. The molecule has 21 heavy (non-hydrogen) atoms. The number of hydrogen-bond acceptors (Lipinski definition) is 2. The normalized spacial score (nSPS) is 16.2.